The minimum atomic E-state index is -2.66. The number of urea groups is 1. The second-order valence-electron chi connectivity index (χ2n) is 8.67. The molecule has 12 heteroatoms. The molecule has 0 unspecified atom stereocenters. The molecule has 0 aromatic heterocycles. The van der Waals surface area contributed by atoms with Gasteiger partial charge in [0.15, 0.2) is 11.4 Å². The molecular weight excluding hydrogens is 480 g/mol. The molecule has 0 fully saturated rings. The highest BCUT2D eigenvalue weighted by Gasteiger charge is 2.60. The number of rotatable bonds is 2. The summed E-state index contributed by atoms with van der Waals surface area (Å²) in [5, 5.41) is 48.3. The summed E-state index contributed by atoms with van der Waals surface area (Å²) < 4.78 is 0. The van der Waals surface area contributed by atoms with Crippen molar-refractivity contribution in [2.45, 2.75) is 38.8 Å². The van der Waals surface area contributed by atoms with E-state index < -0.39 is 52.2 Å². The van der Waals surface area contributed by atoms with Crippen LogP contribution in [0.1, 0.15) is 34.0 Å². The second-order valence-corrected chi connectivity index (χ2v) is 8.67. The highest BCUT2D eigenvalue weighted by Crippen LogP contribution is 2.50. The zero-order valence-electron chi connectivity index (χ0n) is 19.0. The van der Waals surface area contributed by atoms with Gasteiger partial charge >= 0.3 is 6.03 Å². The number of carbonyl (C=O) groups excluding carboxylic acids is 3. The van der Waals surface area contributed by atoms with Crippen LogP contribution in [0.15, 0.2) is 28.6 Å². The third-order valence-electron chi connectivity index (χ3n) is 6.82. The molecule has 11 nitrogen and oxygen atoms in total. The van der Waals surface area contributed by atoms with Crippen molar-refractivity contribution < 1.29 is 34.8 Å². The number of aliphatic hydroxyl groups is 2. The number of aromatic hydroxyl groups is 2. The first-order valence-corrected chi connectivity index (χ1v) is 10.4. The Bertz CT molecular complexity index is 1380. The van der Waals surface area contributed by atoms with Crippen molar-refractivity contribution in [3.05, 3.63) is 45.7 Å². The lowest BCUT2D eigenvalue weighted by Gasteiger charge is -2.45. The molecule has 0 aliphatic heterocycles. The number of hydrogen-bond acceptors (Lipinski definition) is 9. The van der Waals surface area contributed by atoms with E-state index in [0.717, 1.165) is 0 Å². The average Bonchev–Trinajstić information content (AvgIpc) is 2.78. The highest BCUT2D eigenvalue weighted by molar-refractivity contribution is 6.26. The lowest BCUT2D eigenvalue weighted by atomic mass is 9.61. The minimum Gasteiger partial charge on any atom is -0.508 e. The normalized spacial score (nSPS) is 24.1. The number of nitrogens with two attached hydrogens (primary N) is 2. The summed E-state index contributed by atoms with van der Waals surface area (Å²) >= 11 is 0. The predicted molar refractivity (Wildman–Crippen MR) is 129 cm³/mol. The van der Waals surface area contributed by atoms with Gasteiger partial charge in [-0.3, -0.25) is 9.59 Å². The average molecular weight is 505 g/mol. The molecule has 0 radical (unpaired) electrons. The molecule has 2 aliphatic rings. The highest BCUT2D eigenvalue weighted by atomic mass is 35.5. The number of fused-ring (bicyclic) bond motifs is 3. The zero-order valence-corrected chi connectivity index (χ0v) is 19.9. The quantitative estimate of drug-likeness (QED) is 0.232. The van der Waals surface area contributed by atoms with Gasteiger partial charge in [-0.15, -0.1) is 12.4 Å². The summed E-state index contributed by atoms with van der Waals surface area (Å²) in [6, 6.07) is 0.915. The van der Waals surface area contributed by atoms with Gasteiger partial charge in [-0.1, -0.05) is 12.1 Å². The Morgan fingerprint density at radius 2 is 1.80 bits per heavy atom. The van der Waals surface area contributed by atoms with Gasteiger partial charge in [-0.2, -0.15) is 5.10 Å². The number of nitrogens with one attached hydrogen (secondary N) is 1. The first kappa shape index (κ1) is 25.9. The fourth-order valence-electron chi connectivity index (χ4n) is 4.96. The van der Waals surface area contributed by atoms with Crippen molar-refractivity contribution in [2.75, 3.05) is 0 Å². The number of primary amides is 1. The van der Waals surface area contributed by atoms with Crippen LogP contribution in [-0.2, 0) is 11.2 Å². The molecule has 9 N–H and O–H groups in total. The third kappa shape index (κ3) is 3.42. The van der Waals surface area contributed by atoms with Gasteiger partial charge in [-0.05, 0) is 49.3 Å². The number of hydrogen-bond donors (Lipinski definition) is 7. The number of phenols is 2. The van der Waals surface area contributed by atoms with Crippen LogP contribution < -0.4 is 16.9 Å². The van der Waals surface area contributed by atoms with E-state index in [-0.39, 0.29) is 41.2 Å². The number of nitrogens with zero attached hydrogens (tertiary/aromatic N) is 1. The zero-order chi connectivity index (χ0) is 25.3. The van der Waals surface area contributed by atoms with E-state index in [0.29, 0.717) is 22.1 Å². The number of benzene rings is 2. The summed E-state index contributed by atoms with van der Waals surface area (Å²) in [4.78, 5) is 37.7. The van der Waals surface area contributed by atoms with Crippen molar-refractivity contribution in [3.63, 3.8) is 0 Å². The van der Waals surface area contributed by atoms with Crippen LogP contribution in [0, 0.1) is 19.8 Å². The number of Topliss-reactive ketones (excluding diaryl/α,β-unsaturated/α-hetero) is 2. The van der Waals surface area contributed by atoms with Crippen molar-refractivity contribution in [1.82, 2.24) is 5.43 Å². The van der Waals surface area contributed by atoms with E-state index in [9.17, 15) is 34.8 Å². The van der Waals surface area contributed by atoms with E-state index in [1.54, 1.807) is 26.0 Å². The Morgan fingerprint density at radius 3 is 2.40 bits per heavy atom. The van der Waals surface area contributed by atoms with Gasteiger partial charge in [0.1, 0.15) is 17.3 Å². The molecule has 3 atom stereocenters. The molecule has 0 saturated heterocycles. The van der Waals surface area contributed by atoms with Crippen molar-refractivity contribution in [3.8, 4) is 11.5 Å². The van der Waals surface area contributed by atoms with Gasteiger partial charge in [0, 0.05) is 5.92 Å². The van der Waals surface area contributed by atoms with E-state index in [2.05, 4.69) is 5.10 Å². The Labute approximate surface area is 205 Å². The Morgan fingerprint density at radius 1 is 1.17 bits per heavy atom. The molecule has 0 spiro atoms. The lowest BCUT2D eigenvalue weighted by molar-refractivity contribution is -0.122. The predicted octanol–water partition coefficient (Wildman–Crippen LogP) is 1.14. The summed E-state index contributed by atoms with van der Waals surface area (Å²) in [5.74, 6) is -4.86. The largest absolute Gasteiger partial charge is 0.508 e. The van der Waals surface area contributed by atoms with Gasteiger partial charge in [0.05, 0.1) is 28.3 Å². The molecule has 2 aliphatic carbocycles. The molecular formula is C23H25ClN4O7. The molecule has 35 heavy (non-hydrogen) atoms. The number of hydrazone groups is 1. The fourth-order valence-corrected chi connectivity index (χ4v) is 4.96. The van der Waals surface area contributed by atoms with E-state index in [1.807, 2.05) is 5.43 Å². The van der Waals surface area contributed by atoms with Gasteiger partial charge in [0.2, 0.25) is 5.78 Å². The molecule has 0 saturated carbocycles. The summed E-state index contributed by atoms with van der Waals surface area (Å²) in [7, 11) is 0. The number of ketones is 2. The number of aliphatic hydroxyl groups excluding tert-OH is 1. The third-order valence-corrected chi connectivity index (χ3v) is 6.82. The minimum absolute atomic E-state index is 0. The first-order chi connectivity index (χ1) is 15.8. The maximum atomic E-state index is 13.7. The number of amides is 2. The van der Waals surface area contributed by atoms with Crippen molar-refractivity contribution in [2.24, 2.45) is 22.5 Å². The number of phenolic OH excluding ortho intramolecular Hbond substituents is 2. The van der Waals surface area contributed by atoms with E-state index in [1.165, 1.54) is 6.92 Å². The Hall–Kier alpha value is -3.67. The van der Waals surface area contributed by atoms with E-state index in [4.69, 9.17) is 11.5 Å². The van der Waals surface area contributed by atoms with E-state index >= 15 is 0 Å². The Kier molecular flexibility index (Phi) is 6.32. The molecule has 2 aromatic rings. The molecule has 2 amide bonds. The SMILES string of the molecule is C/C(=N\NC(N)=O)C1=C(O)[C@@]2(O)C(=O)c3c(c(C)c4ccc(C)c(O)c4c3O)C[C@H]2[C@@H](N)C1=O.Cl. The monoisotopic (exact) mass is 504 g/mol. The number of carbonyl (C=O) groups is 3. The Balaban J connectivity index is 0.00000342. The van der Waals surface area contributed by atoms with Crippen LogP contribution in [-0.4, -0.2) is 55.4 Å². The van der Waals surface area contributed by atoms with Crippen LogP contribution >= 0.6 is 12.4 Å². The van der Waals surface area contributed by atoms with Gasteiger partial charge < -0.3 is 31.9 Å². The van der Waals surface area contributed by atoms with Crippen molar-refractivity contribution in [1.29, 1.82) is 0 Å². The summed E-state index contributed by atoms with van der Waals surface area (Å²) in [6.45, 7) is 4.58. The lowest BCUT2D eigenvalue weighted by Crippen LogP contribution is -2.63. The van der Waals surface area contributed by atoms with Gasteiger partial charge in [0.25, 0.3) is 0 Å². The summed E-state index contributed by atoms with van der Waals surface area (Å²) in [5.41, 5.74) is 10.7. The summed E-state index contributed by atoms with van der Waals surface area (Å²) in [6.07, 6.45) is -0.110. The van der Waals surface area contributed by atoms with Gasteiger partial charge in [-0.25, -0.2) is 10.2 Å². The van der Waals surface area contributed by atoms with Crippen molar-refractivity contribution >= 4 is 46.5 Å². The molecule has 0 bridgehead atoms. The second kappa shape index (κ2) is 8.52. The van der Waals surface area contributed by atoms with Crippen LogP contribution in [0.4, 0.5) is 4.79 Å². The van der Waals surface area contributed by atoms with Crippen LogP contribution in [0.5, 0.6) is 11.5 Å². The molecule has 2 aromatic carbocycles. The van der Waals surface area contributed by atoms with Crippen LogP contribution in [0.3, 0.4) is 0 Å². The standard InChI is InChI=1S/C23H24N4O7.ClH/c1-7-4-5-10-8(2)11-6-12-16(24)19(30)13(9(3)26-27-22(25)33)20(31)23(12,34)21(32)15(11)18(29)14(10)17(7)28;/h4-5,12,16,28-29,31,34H,6,24H2,1-3H3,(H3,25,27,33);1H/b26-9+;/t12-,16+,23+;/m0./s1. The number of aryl methyl sites for hydroxylation is 2. The molecule has 4 rings (SSSR count). The maximum absolute atomic E-state index is 13.7. The maximum Gasteiger partial charge on any atom is 0.332 e. The molecule has 0 heterocycles. The smallest absolute Gasteiger partial charge is 0.332 e. The number of halogens is 1. The first-order valence-electron chi connectivity index (χ1n) is 10.4. The van der Waals surface area contributed by atoms with Crippen LogP contribution in [0.2, 0.25) is 0 Å². The molecule has 186 valence electrons. The van der Waals surface area contributed by atoms with Crippen LogP contribution in [0.25, 0.3) is 10.8 Å². The fraction of sp³-hybridized carbons (Fsp3) is 0.304. The topological polar surface area (TPSA) is 209 Å².